The number of aliphatic carboxylic acids is 1. The average molecular weight is 469 g/mol. The molecule has 0 spiro atoms. The Morgan fingerprint density at radius 3 is 2.29 bits per heavy atom. The van der Waals surface area contributed by atoms with Crippen molar-refractivity contribution < 1.29 is 19.4 Å². The fourth-order valence-electron chi connectivity index (χ4n) is 10.8. The van der Waals surface area contributed by atoms with E-state index in [9.17, 15) is 14.7 Å². The predicted molar refractivity (Wildman–Crippen MR) is 133 cm³/mol. The summed E-state index contributed by atoms with van der Waals surface area (Å²) in [4.78, 5) is 25.7. The van der Waals surface area contributed by atoms with Gasteiger partial charge in [0.1, 0.15) is 6.10 Å². The molecule has 188 valence electrons. The van der Waals surface area contributed by atoms with Crippen molar-refractivity contribution in [1.29, 1.82) is 0 Å². The molecule has 1 heterocycles. The van der Waals surface area contributed by atoms with Crippen molar-refractivity contribution >= 4 is 11.9 Å². The number of carbonyl (C=O) groups is 2. The van der Waals surface area contributed by atoms with E-state index in [0.29, 0.717) is 12.3 Å². The summed E-state index contributed by atoms with van der Waals surface area (Å²) in [5.41, 5.74) is 1.69. The van der Waals surface area contributed by atoms with Crippen LogP contribution in [-0.2, 0) is 14.3 Å². The van der Waals surface area contributed by atoms with Crippen LogP contribution in [0, 0.1) is 51.2 Å². The summed E-state index contributed by atoms with van der Waals surface area (Å²) in [7, 11) is 0. The second-order valence-corrected chi connectivity index (χ2v) is 13.6. The molecule has 0 unspecified atom stereocenters. The van der Waals surface area contributed by atoms with E-state index in [2.05, 4.69) is 47.8 Å². The van der Waals surface area contributed by atoms with Gasteiger partial charge in [-0.25, -0.2) is 0 Å². The zero-order valence-electron chi connectivity index (χ0n) is 21.9. The highest BCUT2D eigenvalue weighted by Crippen LogP contribution is 2.76. The van der Waals surface area contributed by atoms with E-state index in [4.69, 9.17) is 4.74 Å². The monoisotopic (exact) mass is 468 g/mol. The summed E-state index contributed by atoms with van der Waals surface area (Å²) in [5.74, 6) is 0.527. The maximum Gasteiger partial charge on any atom is 0.309 e. The van der Waals surface area contributed by atoms with E-state index in [-0.39, 0.29) is 52.0 Å². The number of carbonyl (C=O) groups excluding carboxylic acids is 1. The van der Waals surface area contributed by atoms with E-state index < -0.39 is 11.4 Å². The van der Waals surface area contributed by atoms with Crippen molar-refractivity contribution in [2.24, 2.45) is 51.2 Å². The molecule has 0 bridgehead atoms. The molecule has 4 aliphatic carbocycles. The van der Waals surface area contributed by atoms with Crippen LogP contribution in [0.25, 0.3) is 0 Å². The molecular weight excluding hydrogens is 424 g/mol. The SMILES string of the molecule is C=C(C)[C@@H]1CC[C@]2(C(=O)O)CC[C@]3(C)[C@H](C[C@H]4OC(=O)CC[C@]5(C)[C@@H]4[C@@]3(C)CC[C@H]5C(=C)C)[C@@H]12. The first kappa shape index (κ1) is 24.1. The van der Waals surface area contributed by atoms with Crippen molar-refractivity contribution in [1.82, 2.24) is 0 Å². The van der Waals surface area contributed by atoms with Crippen molar-refractivity contribution in [2.75, 3.05) is 0 Å². The van der Waals surface area contributed by atoms with Crippen molar-refractivity contribution in [3.05, 3.63) is 24.3 Å². The normalized spacial score (nSPS) is 51.9. The number of fused-ring (bicyclic) bond motifs is 4. The fourth-order valence-corrected chi connectivity index (χ4v) is 10.8. The van der Waals surface area contributed by atoms with Gasteiger partial charge in [-0.2, -0.15) is 0 Å². The largest absolute Gasteiger partial charge is 0.481 e. The van der Waals surface area contributed by atoms with E-state index in [1.54, 1.807) is 0 Å². The summed E-state index contributed by atoms with van der Waals surface area (Å²) in [6, 6.07) is 0. The predicted octanol–water partition coefficient (Wildman–Crippen LogP) is 6.80. The van der Waals surface area contributed by atoms with Crippen LogP contribution >= 0.6 is 0 Å². The number of hydrogen-bond acceptors (Lipinski definition) is 3. The second-order valence-electron chi connectivity index (χ2n) is 13.6. The standard InChI is InChI=1S/C30H44O4/c1-17(2)19-8-13-30(26(32)33)15-14-28(6)21(24(19)30)16-22-25-27(5,11-10-23(31)34-22)20(18(3)4)9-12-29(25,28)7/h19-22,24-25H,1,3,8-16H2,2,4-7H3,(H,32,33)/t19-,20-,21+,22+,24+,25+,27-,28+,29+,30-/m0/s1. The Morgan fingerprint density at radius 2 is 1.68 bits per heavy atom. The maximum absolute atomic E-state index is 12.9. The van der Waals surface area contributed by atoms with E-state index in [1.807, 2.05) is 0 Å². The summed E-state index contributed by atoms with van der Waals surface area (Å²) in [5, 5.41) is 10.5. The number of carboxylic acid groups (broad SMARTS) is 1. The number of hydrogen-bond donors (Lipinski definition) is 1. The third-order valence-electron chi connectivity index (χ3n) is 12.4. The fraction of sp³-hybridized carbons (Fsp3) is 0.800. The molecule has 4 heteroatoms. The van der Waals surface area contributed by atoms with Crippen LogP contribution in [0.5, 0.6) is 0 Å². The second kappa shape index (κ2) is 7.46. The molecule has 1 saturated heterocycles. The summed E-state index contributed by atoms with van der Waals surface area (Å²) < 4.78 is 6.30. The van der Waals surface area contributed by atoms with E-state index in [1.165, 1.54) is 5.57 Å². The Hall–Kier alpha value is -1.58. The molecule has 0 amide bonds. The third-order valence-corrected chi connectivity index (χ3v) is 12.4. The molecule has 0 aromatic rings. The zero-order valence-corrected chi connectivity index (χ0v) is 21.9. The Kier molecular flexibility index (Phi) is 5.30. The molecule has 5 aliphatic rings. The first-order chi connectivity index (χ1) is 15.8. The van der Waals surface area contributed by atoms with Gasteiger partial charge >= 0.3 is 11.9 Å². The number of allylic oxidation sites excluding steroid dienone is 2. The van der Waals surface area contributed by atoms with Gasteiger partial charge in [0, 0.05) is 12.3 Å². The molecular formula is C30H44O4. The van der Waals surface area contributed by atoms with Gasteiger partial charge in [-0.3, -0.25) is 9.59 Å². The molecule has 34 heavy (non-hydrogen) atoms. The first-order valence-corrected chi connectivity index (χ1v) is 13.6. The number of carboxylic acids is 1. The molecule has 4 saturated carbocycles. The Bertz CT molecular complexity index is 951. The maximum atomic E-state index is 12.9. The van der Waals surface area contributed by atoms with Crippen LogP contribution < -0.4 is 0 Å². The van der Waals surface area contributed by atoms with Crippen LogP contribution in [0.4, 0.5) is 0 Å². The van der Waals surface area contributed by atoms with E-state index in [0.717, 1.165) is 56.9 Å². The lowest BCUT2D eigenvalue weighted by atomic mass is 9.33. The Morgan fingerprint density at radius 1 is 0.971 bits per heavy atom. The first-order valence-electron chi connectivity index (χ1n) is 13.6. The topological polar surface area (TPSA) is 63.6 Å². The van der Waals surface area contributed by atoms with E-state index >= 15 is 0 Å². The van der Waals surface area contributed by atoms with Gasteiger partial charge in [0.2, 0.25) is 0 Å². The molecule has 4 nitrogen and oxygen atoms in total. The summed E-state index contributed by atoms with van der Waals surface area (Å²) >= 11 is 0. The number of rotatable bonds is 3. The van der Waals surface area contributed by atoms with Gasteiger partial charge < -0.3 is 9.84 Å². The van der Waals surface area contributed by atoms with Crippen molar-refractivity contribution in [2.45, 2.75) is 98.5 Å². The van der Waals surface area contributed by atoms with Crippen LogP contribution in [0.1, 0.15) is 92.4 Å². The average Bonchev–Trinajstić information content (AvgIpc) is 3.09. The van der Waals surface area contributed by atoms with Crippen LogP contribution in [0.2, 0.25) is 0 Å². The van der Waals surface area contributed by atoms with Gasteiger partial charge in [0.15, 0.2) is 0 Å². The molecule has 1 aliphatic heterocycles. The molecule has 0 aromatic heterocycles. The van der Waals surface area contributed by atoms with Gasteiger partial charge in [-0.05, 0) is 105 Å². The van der Waals surface area contributed by atoms with Gasteiger partial charge in [-0.15, -0.1) is 0 Å². The lowest BCUT2D eigenvalue weighted by Gasteiger charge is -2.71. The van der Waals surface area contributed by atoms with Crippen molar-refractivity contribution in [3.63, 3.8) is 0 Å². The highest BCUT2D eigenvalue weighted by molar-refractivity contribution is 5.76. The van der Waals surface area contributed by atoms with Gasteiger partial charge in [0.05, 0.1) is 5.41 Å². The molecule has 0 aromatic carbocycles. The summed E-state index contributed by atoms with van der Waals surface area (Å²) in [6.45, 7) is 20.3. The quantitative estimate of drug-likeness (QED) is 0.365. The Balaban J connectivity index is 1.67. The highest BCUT2D eigenvalue weighted by Gasteiger charge is 2.73. The highest BCUT2D eigenvalue weighted by atomic mass is 16.5. The smallest absolute Gasteiger partial charge is 0.309 e. The minimum absolute atomic E-state index is 0.00121. The van der Waals surface area contributed by atoms with Crippen LogP contribution in [-0.4, -0.2) is 23.1 Å². The van der Waals surface area contributed by atoms with Crippen LogP contribution in [0.15, 0.2) is 24.3 Å². The number of esters is 1. The molecule has 0 radical (unpaired) electrons. The molecule has 1 N–H and O–H groups in total. The minimum atomic E-state index is -0.663. The van der Waals surface area contributed by atoms with Gasteiger partial charge in [0.25, 0.3) is 0 Å². The minimum Gasteiger partial charge on any atom is -0.481 e. The van der Waals surface area contributed by atoms with Crippen LogP contribution in [0.3, 0.4) is 0 Å². The lowest BCUT2D eigenvalue weighted by molar-refractivity contribution is -0.250. The zero-order chi connectivity index (χ0) is 24.8. The number of ether oxygens (including phenoxy) is 1. The summed E-state index contributed by atoms with van der Waals surface area (Å²) in [6.07, 6.45) is 7.56. The molecule has 10 atom stereocenters. The third kappa shape index (κ3) is 2.83. The Labute approximate surface area is 205 Å². The lowest BCUT2D eigenvalue weighted by Crippen LogP contribution is -2.68. The van der Waals surface area contributed by atoms with Gasteiger partial charge in [-0.1, -0.05) is 45.1 Å². The molecule has 5 fully saturated rings. The van der Waals surface area contributed by atoms with Crippen molar-refractivity contribution in [3.8, 4) is 0 Å². The molecule has 5 rings (SSSR count).